The second-order valence-electron chi connectivity index (χ2n) is 13.4. The lowest BCUT2D eigenvalue weighted by Crippen LogP contribution is -2.14. The van der Waals surface area contributed by atoms with Crippen LogP contribution in [0.25, 0.3) is 60.9 Å². The van der Waals surface area contributed by atoms with Crippen molar-refractivity contribution in [3.8, 4) is 39.1 Å². The molecule has 0 radical (unpaired) electrons. The number of hydrogen-bond donors (Lipinski definition) is 0. The zero-order valence-electron chi connectivity index (χ0n) is 25.1. The third kappa shape index (κ3) is 3.23. The predicted octanol–water partition coefficient (Wildman–Crippen LogP) is 11.1. The summed E-state index contributed by atoms with van der Waals surface area (Å²) >= 11 is 0. The molecule has 6 aromatic carbocycles. The fourth-order valence-corrected chi connectivity index (χ4v) is 8.14. The molecule has 0 bridgehead atoms. The first kappa shape index (κ1) is 24.7. The van der Waals surface area contributed by atoms with Crippen LogP contribution < -0.4 is 0 Å². The van der Waals surface area contributed by atoms with Crippen LogP contribution in [0.2, 0.25) is 0 Å². The molecule has 1 heteroatoms. The molecule has 0 N–H and O–H groups in total. The third-order valence-corrected chi connectivity index (χ3v) is 10.4. The standard InChI is InChI=1S/C42H33N/c1-41(2)35-14-8-5-11-29(35)32-23-27(19-22-37(32)41)26-17-20-28(21-18-26)43-39-16-10-7-13-31(39)34-24-38-33(25-40(34)43)30-12-6-9-15-36(30)42(38,3)4/h5-25H,1-4H3. The van der Waals surface area contributed by atoms with E-state index in [9.17, 15) is 0 Å². The van der Waals surface area contributed by atoms with E-state index in [0.717, 1.165) is 0 Å². The van der Waals surface area contributed by atoms with Crippen molar-refractivity contribution in [3.05, 3.63) is 150 Å². The number of hydrogen-bond acceptors (Lipinski definition) is 0. The van der Waals surface area contributed by atoms with Crippen LogP contribution in [0.15, 0.2) is 127 Å². The maximum atomic E-state index is 2.46. The van der Waals surface area contributed by atoms with Gasteiger partial charge in [0, 0.05) is 27.3 Å². The van der Waals surface area contributed by atoms with Gasteiger partial charge in [-0.2, -0.15) is 0 Å². The van der Waals surface area contributed by atoms with Gasteiger partial charge >= 0.3 is 0 Å². The highest BCUT2D eigenvalue weighted by Gasteiger charge is 2.37. The molecule has 7 aromatic rings. The Hall–Kier alpha value is -4.88. The molecule has 1 aromatic heterocycles. The van der Waals surface area contributed by atoms with Crippen LogP contribution in [-0.4, -0.2) is 4.57 Å². The van der Waals surface area contributed by atoms with Gasteiger partial charge in [0.15, 0.2) is 0 Å². The van der Waals surface area contributed by atoms with E-state index in [4.69, 9.17) is 0 Å². The number of aromatic nitrogens is 1. The van der Waals surface area contributed by atoms with Crippen LogP contribution in [0.1, 0.15) is 49.9 Å². The summed E-state index contributed by atoms with van der Waals surface area (Å²) in [6.45, 7) is 9.40. The summed E-state index contributed by atoms with van der Waals surface area (Å²) in [4.78, 5) is 0. The lowest BCUT2D eigenvalue weighted by atomic mass is 9.82. The van der Waals surface area contributed by atoms with E-state index in [2.05, 4.69) is 160 Å². The minimum absolute atomic E-state index is 0.0173. The Morgan fingerprint density at radius 3 is 1.67 bits per heavy atom. The van der Waals surface area contributed by atoms with Gasteiger partial charge in [-0.3, -0.25) is 0 Å². The molecule has 1 nitrogen and oxygen atoms in total. The molecule has 9 rings (SSSR count). The molecule has 0 unspecified atom stereocenters. The monoisotopic (exact) mass is 551 g/mol. The van der Waals surface area contributed by atoms with Crippen LogP contribution in [0.5, 0.6) is 0 Å². The first-order chi connectivity index (χ1) is 20.8. The first-order valence-corrected chi connectivity index (χ1v) is 15.4. The van der Waals surface area contributed by atoms with E-state index in [0.29, 0.717) is 0 Å². The molecule has 0 fully saturated rings. The van der Waals surface area contributed by atoms with Crippen LogP contribution in [0, 0.1) is 0 Å². The fourth-order valence-electron chi connectivity index (χ4n) is 8.14. The highest BCUT2D eigenvalue weighted by molar-refractivity contribution is 6.11. The summed E-state index contributed by atoms with van der Waals surface area (Å²) in [5, 5.41) is 2.62. The van der Waals surface area contributed by atoms with Crippen molar-refractivity contribution in [1.82, 2.24) is 4.57 Å². The van der Waals surface area contributed by atoms with Gasteiger partial charge < -0.3 is 4.57 Å². The molecule has 0 saturated carbocycles. The largest absolute Gasteiger partial charge is 0.309 e. The summed E-state index contributed by atoms with van der Waals surface area (Å²) in [5.41, 5.74) is 17.3. The van der Waals surface area contributed by atoms with Gasteiger partial charge in [0.2, 0.25) is 0 Å². The molecular weight excluding hydrogens is 518 g/mol. The molecule has 0 amide bonds. The zero-order chi connectivity index (χ0) is 29.1. The minimum atomic E-state index is -0.0173. The summed E-state index contributed by atoms with van der Waals surface area (Å²) in [6, 6.07) is 47.7. The Morgan fingerprint density at radius 1 is 0.395 bits per heavy atom. The molecule has 2 aliphatic carbocycles. The van der Waals surface area contributed by atoms with E-state index in [1.807, 2.05) is 0 Å². The van der Waals surface area contributed by atoms with Gasteiger partial charge in [0.1, 0.15) is 0 Å². The van der Waals surface area contributed by atoms with E-state index in [-0.39, 0.29) is 10.8 Å². The highest BCUT2D eigenvalue weighted by Crippen LogP contribution is 2.51. The SMILES string of the molecule is CC1(C)c2ccccc2-c2cc(-c3ccc(-n4c5ccccc5c5cc6c(cc54)-c4ccccc4C6(C)C)cc3)ccc21. The quantitative estimate of drug-likeness (QED) is 0.201. The fraction of sp³-hybridized carbons (Fsp3) is 0.143. The Bertz CT molecular complexity index is 2270. The normalized spacial score (nSPS) is 15.3. The Balaban J connectivity index is 1.20. The van der Waals surface area contributed by atoms with Crippen molar-refractivity contribution in [2.24, 2.45) is 0 Å². The van der Waals surface area contributed by atoms with Gasteiger partial charge in [-0.25, -0.2) is 0 Å². The van der Waals surface area contributed by atoms with E-state index in [1.54, 1.807) is 0 Å². The second-order valence-corrected chi connectivity index (χ2v) is 13.4. The predicted molar refractivity (Wildman–Crippen MR) is 181 cm³/mol. The molecule has 0 aliphatic heterocycles. The average molecular weight is 552 g/mol. The Labute approximate surface area is 253 Å². The van der Waals surface area contributed by atoms with Crippen molar-refractivity contribution in [2.45, 2.75) is 38.5 Å². The molecule has 0 saturated heterocycles. The van der Waals surface area contributed by atoms with E-state index < -0.39 is 0 Å². The van der Waals surface area contributed by atoms with Crippen molar-refractivity contribution >= 4 is 21.8 Å². The molecule has 43 heavy (non-hydrogen) atoms. The lowest BCUT2D eigenvalue weighted by Gasteiger charge is -2.21. The number of nitrogens with zero attached hydrogens (tertiary/aromatic N) is 1. The smallest absolute Gasteiger partial charge is 0.0547 e. The van der Waals surface area contributed by atoms with Crippen molar-refractivity contribution in [3.63, 3.8) is 0 Å². The number of rotatable bonds is 2. The van der Waals surface area contributed by atoms with Crippen LogP contribution in [-0.2, 0) is 10.8 Å². The molecule has 1 heterocycles. The van der Waals surface area contributed by atoms with Crippen molar-refractivity contribution < 1.29 is 0 Å². The van der Waals surface area contributed by atoms with Crippen molar-refractivity contribution in [2.75, 3.05) is 0 Å². The molecule has 206 valence electrons. The molecule has 0 atom stereocenters. The van der Waals surface area contributed by atoms with Gasteiger partial charge in [-0.1, -0.05) is 119 Å². The van der Waals surface area contributed by atoms with Crippen molar-refractivity contribution in [1.29, 1.82) is 0 Å². The summed E-state index contributed by atoms with van der Waals surface area (Å²) in [5.74, 6) is 0. The number of fused-ring (bicyclic) bond motifs is 9. The van der Waals surface area contributed by atoms with Crippen LogP contribution in [0.4, 0.5) is 0 Å². The minimum Gasteiger partial charge on any atom is -0.309 e. The highest BCUT2D eigenvalue weighted by atomic mass is 15.0. The van der Waals surface area contributed by atoms with Gasteiger partial charge in [0.25, 0.3) is 0 Å². The van der Waals surface area contributed by atoms with Gasteiger partial charge in [-0.05, 0) is 92.0 Å². The summed E-state index contributed by atoms with van der Waals surface area (Å²) in [7, 11) is 0. The maximum absolute atomic E-state index is 2.46. The lowest BCUT2D eigenvalue weighted by molar-refractivity contribution is 0.660. The molecule has 0 spiro atoms. The maximum Gasteiger partial charge on any atom is 0.0547 e. The van der Waals surface area contributed by atoms with E-state index >= 15 is 0 Å². The Morgan fingerprint density at radius 2 is 0.953 bits per heavy atom. The van der Waals surface area contributed by atoms with Crippen LogP contribution >= 0.6 is 0 Å². The Kier molecular flexibility index (Phi) is 4.80. The van der Waals surface area contributed by atoms with Crippen LogP contribution in [0.3, 0.4) is 0 Å². The van der Waals surface area contributed by atoms with Gasteiger partial charge in [0.05, 0.1) is 11.0 Å². The number of benzene rings is 6. The second kappa shape index (κ2) is 8.36. The molecule has 2 aliphatic rings. The third-order valence-electron chi connectivity index (χ3n) is 10.4. The van der Waals surface area contributed by atoms with E-state index in [1.165, 1.54) is 83.1 Å². The first-order valence-electron chi connectivity index (χ1n) is 15.4. The number of para-hydroxylation sites is 1. The summed E-state index contributed by atoms with van der Waals surface area (Å²) < 4.78 is 2.45. The van der Waals surface area contributed by atoms with Gasteiger partial charge in [-0.15, -0.1) is 0 Å². The average Bonchev–Trinajstić information content (AvgIpc) is 3.57. The zero-order valence-corrected chi connectivity index (χ0v) is 25.1. The topological polar surface area (TPSA) is 4.93 Å². The summed E-state index contributed by atoms with van der Waals surface area (Å²) in [6.07, 6.45) is 0. The molecular formula is C42H33N.